The molecule has 4 nitrogen and oxygen atoms in total. The number of methoxy groups -OCH3 is 1. The quantitative estimate of drug-likeness (QED) is 0.883. The maximum atomic E-state index is 12.8. The number of hydrogen-bond donors (Lipinski definition) is 2. The zero-order valence-electron chi connectivity index (χ0n) is 10.1. The van der Waals surface area contributed by atoms with Gasteiger partial charge < -0.3 is 14.8 Å². The first-order valence-electron chi connectivity index (χ1n) is 5.26. The van der Waals surface area contributed by atoms with Crippen molar-refractivity contribution in [2.45, 2.75) is 13.1 Å². The molecule has 19 heavy (non-hydrogen) atoms. The number of halogens is 3. The molecule has 2 N–H and O–H groups in total. The maximum Gasteiger partial charge on any atom is 0.432 e. The minimum absolute atomic E-state index is 0.0170. The van der Waals surface area contributed by atoms with Crippen LogP contribution in [0.1, 0.15) is 21.6 Å². The second-order valence-corrected chi connectivity index (χ2v) is 4.07. The number of aryl methyl sites for hydroxylation is 1. The van der Waals surface area contributed by atoms with Gasteiger partial charge in [-0.2, -0.15) is 13.2 Å². The number of benzene rings is 1. The van der Waals surface area contributed by atoms with Crippen LogP contribution in [-0.4, -0.2) is 23.2 Å². The Labute approximate surface area is 105 Å². The summed E-state index contributed by atoms with van der Waals surface area (Å²) in [4.78, 5) is 13.2. The summed E-state index contributed by atoms with van der Waals surface area (Å²) in [5.41, 5.74) is -1.43. The van der Waals surface area contributed by atoms with E-state index >= 15 is 0 Å². The SMILES string of the molecule is COc1cc(C)cc2c(C(=O)O)c(C(F)(F)F)[nH]c12. The molecule has 1 heterocycles. The van der Waals surface area contributed by atoms with Crippen molar-refractivity contribution >= 4 is 16.9 Å². The lowest BCUT2D eigenvalue weighted by molar-refractivity contribution is -0.141. The Morgan fingerprint density at radius 2 is 2.00 bits per heavy atom. The zero-order valence-corrected chi connectivity index (χ0v) is 10.1. The van der Waals surface area contributed by atoms with E-state index in [1.54, 1.807) is 6.92 Å². The first-order valence-corrected chi connectivity index (χ1v) is 5.26. The Balaban J connectivity index is 2.93. The Hall–Kier alpha value is -2.18. The van der Waals surface area contributed by atoms with E-state index in [1.165, 1.54) is 19.2 Å². The van der Waals surface area contributed by atoms with Crippen LogP contribution in [0, 0.1) is 6.92 Å². The minimum Gasteiger partial charge on any atom is -0.495 e. The fourth-order valence-corrected chi connectivity index (χ4v) is 2.00. The predicted molar refractivity (Wildman–Crippen MR) is 61.5 cm³/mol. The molecule has 0 bridgehead atoms. The summed E-state index contributed by atoms with van der Waals surface area (Å²) < 4.78 is 43.5. The van der Waals surface area contributed by atoms with Crippen LogP contribution in [-0.2, 0) is 6.18 Å². The fourth-order valence-electron chi connectivity index (χ4n) is 2.00. The summed E-state index contributed by atoms with van der Waals surface area (Å²) >= 11 is 0. The van der Waals surface area contributed by atoms with Crippen LogP contribution >= 0.6 is 0 Å². The Morgan fingerprint density at radius 3 is 2.47 bits per heavy atom. The minimum atomic E-state index is -4.77. The normalized spacial score (nSPS) is 11.8. The highest BCUT2D eigenvalue weighted by Crippen LogP contribution is 2.38. The van der Waals surface area contributed by atoms with Crippen LogP contribution in [0.2, 0.25) is 0 Å². The fraction of sp³-hybridized carbons (Fsp3) is 0.250. The molecule has 0 aliphatic heterocycles. The highest BCUT2D eigenvalue weighted by molar-refractivity contribution is 6.06. The number of carbonyl (C=O) groups is 1. The summed E-state index contributed by atoms with van der Waals surface area (Å²) in [7, 11) is 1.31. The summed E-state index contributed by atoms with van der Waals surface area (Å²) in [5.74, 6) is -1.46. The summed E-state index contributed by atoms with van der Waals surface area (Å²) in [6.07, 6.45) is -4.77. The van der Waals surface area contributed by atoms with E-state index in [4.69, 9.17) is 9.84 Å². The monoisotopic (exact) mass is 273 g/mol. The Bertz CT molecular complexity index is 658. The molecule has 0 saturated carbocycles. The number of nitrogens with one attached hydrogen (secondary N) is 1. The first kappa shape index (κ1) is 13.3. The van der Waals surface area contributed by atoms with Gasteiger partial charge in [-0.1, -0.05) is 0 Å². The molecule has 0 unspecified atom stereocenters. The molecule has 0 fully saturated rings. The van der Waals surface area contributed by atoms with Crippen molar-refractivity contribution < 1.29 is 27.8 Å². The summed E-state index contributed by atoms with van der Waals surface area (Å²) in [6.45, 7) is 1.65. The number of aromatic carboxylic acids is 1. The third-order valence-electron chi connectivity index (χ3n) is 2.73. The van der Waals surface area contributed by atoms with Gasteiger partial charge in [0.1, 0.15) is 11.4 Å². The largest absolute Gasteiger partial charge is 0.495 e. The van der Waals surface area contributed by atoms with Gasteiger partial charge in [0.2, 0.25) is 0 Å². The number of fused-ring (bicyclic) bond motifs is 1. The van der Waals surface area contributed by atoms with Gasteiger partial charge in [0.25, 0.3) is 0 Å². The first-order chi connectivity index (χ1) is 8.75. The Kier molecular flexibility index (Phi) is 2.92. The molecule has 0 spiro atoms. The molecule has 7 heteroatoms. The molecule has 0 aliphatic carbocycles. The van der Waals surface area contributed by atoms with Crippen LogP contribution in [0.25, 0.3) is 10.9 Å². The number of aromatic nitrogens is 1. The molecule has 0 aliphatic rings. The van der Waals surface area contributed by atoms with E-state index in [0.717, 1.165) is 0 Å². The van der Waals surface area contributed by atoms with E-state index < -0.39 is 23.4 Å². The van der Waals surface area contributed by atoms with Crippen LogP contribution < -0.4 is 4.74 Å². The van der Waals surface area contributed by atoms with Crippen molar-refractivity contribution in [3.8, 4) is 5.75 Å². The third-order valence-corrected chi connectivity index (χ3v) is 2.73. The van der Waals surface area contributed by atoms with E-state index in [0.29, 0.717) is 5.56 Å². The van der Waals surface area contributed by atoms with Gasteiger partial charge in [-0.05, 0) is 24.6 Å². The number of aromatic amines is 1. The molecule has 2 rings (SSSR count). The van der Waals surface area contributed by atoms with Crippen molar-refractivity contribution in [2.75, 3.05) is 7.11 Å². The van der Waals surface area contributed by atoms with Crippen LogP contribution in [0.15, 0.2) is 12.1 Å². The molecular weight excluding hydrogens is 263 g/mol. The average Bonchev–Trinajstić information content (AvgIpc) is 2.66. The topological polar surface area (TPSA) is 62.3 Å². The molecule has 0 saturated heterocycles. The lowest BCUT2D eigenvalue weighted by Crippen LogP contribution is -2.11. The van der Waals surface area contributed by atoms with Crippen LogP contribution in [0.4, 0.5) is 13.2 Å². The highest BCUT2D eigenvalue weighted by atomic mass is 19.4. The third kappa shape index (κ3) is 2.11. The number of carboxylic acid groups (broad SMARTS) is 1. The predicted octanol–water partition coefficient (Wildman–Crippen LogP) is 3.20. The van der Waals surface area contributed by atoms with Crippen molar-refractivity contribution in [3.63, 3.8) is 0 Å². The summed E-state index contributed by atoms with van der Waals surface area (Å²) in [6, 6.07) is 2.91. The number of H-pyrrole nitrogens is 1. The van der Waals surface area contributed by atoms with Crippen molar-refractivity contribution in [2.24, 2.45) is 0 Å². The van der Waals surface area contributed by atoms with Gasteiger partial charge in [0.15, 0.2) is 0 Å². The van der Waals surface area contributed by atoms with E-state index in [2.05, 4.69) is 4.98 Å². The number of alkyl halides is 3. The van der Waals surface area contributed by atoms with Crippen molar-refractivity contribution in [1.82, 2.24) is 4.98 Å². The van der Waals surface area contributed by atoms with E-state index in [9.17, 15) is 18.0 Å². The lowest BCUT2D eigenvalue weighted by Gasteiger charge is -2.04. The molecule has 0 radical (unpaired) electrons. The second-order valence-electron chi connectivity index (χ2n) is 4.07. The zero-order chi connectivity index (χ0) is 14.4. The highest BCUT2D eigenvalue weighted by Gasteiger charge is 2.39. The molecule has 1 aromatic heterocycles. The molecule has 1 aromatic carbocycles. The summed E-state index contributed by atoms with van der Waals surface area (Å²) in [5, 5.41) is 8.99. The van der Waals surface area contributed by atoms with Crippen molar-refractivity contribution in [3.05, 3.63) is 29.0 Å². The standard InChI is InChI=1S/C12H10F3NO3/c1-5-3-6-8(11(17)18)10(12(13,14)15)16-9(6)7(4-5)19-2/h3-4,16H,1-2H3,(H,17,18). The number of hydrogen-bond acceptors (Lipinski definition) is 2. The molecule has 0 atom stereocenters. The molecule has 102 valence electrons. The van der Waals surface area contributed by atoms with Gasteiger partial charge >= 0.3 is 12.1 Å². The van der Waals surface area contributed by atoms with Gasteiger partial charge in [0.05, 0.1) is 18.2 Å². The molecule has 0 amide bonds. The smallest absolute Gasteiger partial charge is 0.432 e. The average molecular weight is 273 g/mol. The lowest BCUT2D eigenvalue weighted by atomic mass is 10.1. The number of ether oxygens (including phenoxy) is 1. The van der Waals surface area contributed by atoms with Crippen LogP contribution in [0.3, 0.4) is 0 Å². The van der Waals surface area contributed by atoms with E-state index in [-0.39, 0.29) is 16.7 Å². The molecular formula is C12H10F3NO3. The van der Waals surface area contributed by atoms with Crippen molar-refractivity contribution in [1.29, 1.82) is 0 Å². The number of carboxylic acids is 1. The Morgan fingerprint density at radius 1 is 1.37 bits per heavy atom. The van der Waals surface area contributed by atoms with E-state index in [1.807, 2.05) is 0 Å². The second kappa shape index (κ2) is 4.18. The van der Waals surface area contributed by atoms with Gasteiger partial charge in [-0.3, -0.25) is 0 Å². The van der Waals surface area contributed by atoms with Gasteiger partial charge in [-0.25, -0.2) is 4.79 Å². The van der Waals surface area contributed by atoms with Crippen LogP contribution in [0.5, 0.6) is 5.75 Å². The van der Waals surface area contributed by atoms with Gasteiger partial charge in [0, 0.05) is 5.39 Å². The number of rotatable bonds is 2. The maximum absolute atomic E-state index is 12.8. The molecule has 2 aromatic rings. The van der Waals surface area contributed by atoms with Gasteiger partial charge in [-0.15, -0.1) is 0 Å².